The van der Waals surface area contributed by atoms with Gasteiger partial charge in [0.05, 0.1) is 26.1 Å². The van der Waals surface area contributed by atoms with Crippen LogP contribution >= 0.6 is 12.2 Å². The van der Waals surface area contributed by atoms with Crippen molar-refractivity contribution in [3.05, 3.63) is 17.0 Å². The minimum Gasteiger partial charge on any atom is -0.394 e. The maximum Gasteiger partial charge on any atom is 0.131 e. The minimum atomic E-state index is 0.0533. The Morgan fingerprint density at radius 3 is 3.14 bits per heavy atom. The van der Waals surface area contributed by atoms with Gasteiger partial charge in [0, 0.05) is 12.6 Å². The molecule has 0 radical (unpaired) electrons. The van der Waals surface area contributed by atoms with E-state index in [1.165, 1.54) is 0 Å². The highest BCUT2D eigenvalue weighted by Crippen LogP contribution is 1.98. The maximum absolute atomic E-state index is 8.45. The summed E-state index contributed by atoms with van der Waals surface area (Å²) in [7, 11) is 0. The van der Waals surface area contributed by atoms with Gasteiger partial charge in [-0.25, -0.2) is 4.98 Å². The van der Waals surface area contributed by atoms with E-state index in [9.17, 15) is 0 Å². The van der Waals surface area contributed by atoms with Gasteiger partial charge in [0.1, 0.15) is 10.5 Å². The van der Waals surface area contributed by atoms with Crippen LogP contribution in [0.2, 0.25) is 0 Å². The standard InChI is InChI=1S/C8H13N3O2S/c12-2-4-13-3-1-9-7-5-8(14)11-6-10-7/h5-6,12H,1-4H2,(H2,9,10,11,14). The fourth-order valence-electron chi connectivity index (χ4n) is 0.894. The summed E-state index contributed by atoms with van der Waals surface area (Å²) in [6.07, 6.45) is 1.54. The predicted molar refractivity (Wildman–Crippen MR) is 55.8 cm³/mol. The molecule has 0 fully saturated rings. The van der Waals surface area contributed by atoms with Gasteiger partial charge in [-0.3, -0.25) is 0 Å². The molecule has 0 amide bonds. The number of nitrogens with one attached hydrogen (secondary N) is 2. The number of H-pyrrole nitrogens is 1. The number of rotatable bonds is 6. The average molecular weight is 215 g/mol. The number of aliphatic hydroxyl groups excluding tert-OH is 1. The van der Waals surface area contributed by atoms with Crippen molar-refractivity contribution >= 4 is 18.0 Å². The molecule has 0 atom stereocenters. The van der Waals surface area contributed by atoms with Crippen LogP contribution in [0.1, 0.15) is 0 Å². The zero-order valence-corrected chi connectivity index (χ0v) is 8.51. The molecule has 0 aliphatic carbocycles. The number of aromatic nitrogens is 2. The third-order valence-corrected chi connectivity index (χ3v) is 1.70. The minimum absolute atomic E-state index is 0.0533. The third-order valence-electron chi connectivity index (χ3n) is 1.48. The van der Waals surface area contributed by atoms with Gasteiger partial charge in [0.2, 0.25) is 0 Å². The van der Waals surface area contributed by atoms with E-state index < -0.39 is 0 Å². The zero-order chi connectivity index (χ0) is 10.2. The van der Waals surface area contributed by atoms with Crippen LogP contribution in [0.5, 0.6) is 0 Å². The molecule has 0 unspecified atom stereocenters. The molecule has 1 heterocycles. The van der Waals surface area contributed by atoms with Gasteiger partial charge in [0.15, 0.2) is 0 Å². The number of anilines is 1. The number of aliphatic hydroxyl groups is 1. The van der Waals surface area contributed by atoms with Crippen molar-refractivity contribution in [3.63, 3.8) is 0 Å². The Labute approximate surface area is 87.1 Å². The molecule has 0 aliphatic heterocycles. The second-order valence-corrected chi connectivity index (χ2v) is 2.98. The van der Waals surface area contributed by atoms with Crippen LogP contribution in [-0.2, 0) is 4.74 Å². The largest absolute Gasteiger partial charge is 0.394 e. The molecule has 3 N–H and O–H groups in total. The van der Waals surface area contributed by atoms with Crippen molar-refractivity contribution in [2.45, 2.75) is 0 Å². The summed E-state index contributed by atoms with van der Waals surface area (Å²) in [5.41, 5.74) is 0. The Hall–Kier alpha value is -0.980. The SMILES string of the molecule is OCCOCCNc1cc(=S)nc[nH]1. The first kappa shape index (κ1) is 11.1. The van der Waals surface area contributed by atoms with Crippen molar-refractivity contribution < 1.29 is 9.84 Å². The Bertz CT molecular complexity index is 315. The van der Waals surface area contributed by atoms with Gasteiger partial charge in [-0.15, -0.1) is 0 Å². The number of nitrogens with zero attached hydrogens (tertiary/aromatic N) is 1. The van der Waals surface area contributed by atoms with E-state index >= 15 is 0 Å². The van der Waals surface area contributed by atoms with Crippen LogP contribution in [0, 0.1) is 4.64 Å². The normalized spacial score (nSPS) is 10.1. The van der Waals surface area contributed by atoms with Gasteiger partial charge < -0.3 is 20.1 Å². The lowest BCUT2D eigenvalue weighted by molar-refractivity contribution is 0.0992. The molecular weight excluding hydrogens is 202 g/mol. The first-order valence-electron chi connectivity index (χ1n) is 4.30. The van der Waals surface area contributed by atoms with Crippen molar-refractivity contribution in [2.24, 2.45) is 0 Å². The molecule has 0 bridgehead atoms. The lowest BCUT2D eigenvalue weighted by Crippen LogP contribution is -2.12. The van der Waals surface area contributed by atoms with Crippen LogP contribution < -0.4 is 5.32 Å². The summed E-state index contributed by atoms with van der Waals surface area (Å²) in [4.78, 5) is 6.76. The van der Waals surface area contributed by atoms with Crippen molar-refractivity contribution in [1.29, 1.82) is 0 Å². The lowest BCUT2D eigenvalue weighted by Gasteiger charge is -2.05. The monoisotopic (exact) mass is 215 g/mol. The van der Waals surface area contributed by atoms with E-state index in [-0.39, 0.29) is 6.61 Å². The molecule has 5 nitrogen and oxygen atoms in total. The number of ether oxygens (including phenoxy) is 1. The van der Waals surface area contributed by atoms with Gasteiger partial charge in [-0.1, -0.05) is 12.2 Å². The molecular formula is C8H13N3O2S. The Morgan fingerprint density at radius 1 is 1.57 bits per heavy atom. The van der Waals surface area contributed by atoms with Gasteiger partial charge in [-0.2, -0.15) is 0 Å². The topological polar surface area (TPSA) is 70.2 Å². The smallest absolute Gasteiger partial charge is 0.131 e. The molecule has 1 rings (SSSR count). The summed E-state index contributed by atoms with van der Waals surface area (Å²) in [6, 6.07) is 1.74. The Kier molecular flexibility index (Phi) is 5.13. The first-order chi connectivity index (χ1) is 6.83. The number of hydrogen-bond acceptors (Lipinski definition) is 5. The van der Waals surface area contributed by atoms with Crippen molar-refractivity contribution in [3.8, 4) is 0 Å². The van der Waals surface area contributed by atoms with E-state index in [1.807, 2.05) is 0 Å². The highest BCUT2D eigenvalue weighted by molar-refractivity contribution is 7.71. The Balaban J connectivity index is 2.21. The van der Waals surface area contributed by atoms with E-state index in [0.717, 1.165) is 5.82 Å². The molecule has 14 heavy (non-hydrogen) atoms. The number of hydrogen-bond donors (Lipinski definition) is 3. The molecule has 0 spiro atoms. The first-order valence-corrected chi connectivity index (χ1v) is 4.71. The second kappa shape index (κ2) is 6.47. The van der Waals surface area contributed by atoms with Crippen molar-refractivity contribution in [2.75, 3.05) is 31.7 Å². The van der Waals surface area contributed by atoms with Gasteiger partial charge >= 0.3 is 0 Å². The van der Waals surface area contributed by atoms with Crippen LogP contribution in [-0.4, -0.2) is 41.4 Å². The highest BCUT2D eigenvalue weighted by atomic mass is 32.1. The molecule has 0 aliphatic rings. The summed E-state index contributed by atoms with van der Waals surface area (Å²) >= 11 is 4.88. The molecule has 78 valence electrons. The summed E-state index contributed by atoms with van der Waals surface area (Å²) < 4.78 is 5.61. The van der Waals surface area contributed by atoms with Crippen LogP contribution in [0.3, 0.4) is 0 Å². The zero-order valence-electron chi connectivity index (χ0n) is 7.69. The summed E-state index contributed by atoms with van der Waals surface area (Å²) in [6.45, 7) is 1.63. The molecule has 6 heteroatoms. The van der Waals surface area contributed by atoms with Crippen LogP contribution in [0.4, 0.5) is 5.82 Å². The van der Waals surface area contributed by atoms with E-state index in [4.69, 9.17) is 22.1 Å². The summed E-state index contributed by atoms with van der Waals surface area (Å²) in [5.74, 6) is 0.817. The van der Waals surface area contributed by atoms with Gasteiger partial charge in [0.25, 0.3) is 0 Å². The fourth-order valence-corrected chi connectivity index (χ4v) is 1.06. The predicted octanol–water partition coefficient (Wildman–Crippen LogP) is 0.560. The third kappa shape index (κ3) is 4.31. The molecule has 1 aromatic heterocycles. The van der Waals surface area contributed by atoms with E-state index in [0.29, 0.717) is 24.4 Å². The van der Waals surface area contributed by atoms with Crippen molar-refractivity contribution in [1.82, 2.24) is 9.97 Å². The quantitative estimate of drug-likeness (QED) is 0.478. The molecule has 0 saturated carbocycles. The van der Waals surface area contributed by atoms with E-state index in [2.05, 4.69) is 15.3 Å². The molecule has 0 aromatic carbocycles. The molecule has 1 aromatic rings. The van der Waals surface area contributed by atoms with E-state index in [1.54, 1.807) is 12.4 Å². The fraction of sp³-hybridized carbons (Fsp3) is 0.500. The number of aromatic amines is 1. The van der Waals surface area contributed by atoms with Gasteiger partial charge in [-0.05, 0) is 0 Å². The Morgan fingerprint density at radius 2 is 2.43 bits per heavy atom. The lowest BCUT2D eigenvalue weighted by atomic mass is 10.5. The average Bonchev–Trinajstić information content (AvgIpc) is 2.18. The highest BCUT2D eigenvalue weighted by Gasteiger charge is 1.91. The van der Waals surface area contributed by atoms with Crippen LogP contribution in [0.25, 0.3) is 0 Å². The maximum atomic E-state index is 8.45. The molecule has 0 saturated heterocycles. The van der Waals surface area contributed by atoms with Crippen LogP contribution in [0.15, 0.2) is 12.4 Å². The summed E-state index contributed by atoms with van der Waals surface area (Å²) in [5, 5.41) is 11.5. The second-order valence-electron chi connectivity index (χ2n) is 2.56.